The van der Waals surface area contributed by atoms with E-state index >= 15 is 0 Å². The van der Waals surface area contributed by atoms with Crippen LogP contribution in [0.5, 0.6) is 0 Å². The molecule has 1 aliphatic rings. The van der Waals surface area contributed by atoms with Crippen molar-refractivity contribution in [2.75, 3.05) is 23.7 Å². The van der Waals surface area contributed by atoms with E-state index in [1.54, 1.807) is 11.3 Å². The van der Waals surface area contributed by atoms with Crippen molar-refractivity contribution in [3.05, 3.63) is 11.4 Å². The maximum Gasteiger partial charge on any atom is 0.223 e. The summed E-state index contributed by atoms with van der Waals surface area (Å²) >= 11 is 1.62. The van der Waals surface area contributed by atoms with Crippen molar-refractivity contribution in [2.45, 2.75) is 20.3 Å². The van der Waals surface area contributed by atoms with E-state index in [9.17, 15) is 0 Å². The molecule has 5 heteroatoms. The first-order valence-electron chi connectivity index (χ1n) is 6.41. The SMILES string of the molecule is CC1CCN(c2nc(N)nc3sccc23)CC1C. The Morgan fingerprint density at radius 2 is 2.17 bits per heavy atom. The van der Waals surface area contributed by atoms with Gasteiger partial charge < -0.3 is 10.6 Å². The van der Waals surface area contributed by atoms with Gasteiger partial charge in [0.25, 0.3) is 0 Å². The van der Waals surface area contributed by atoms with Crippen LogP contribution in [0.3, 0.4) is 0 Å². The van der Waals surface area contributed by atoms with Gasteiger partial charge in [0.1, 0.15) is 10.6 Å². The van der Waals surface area contributed by atoms with Crippen LogP contribution in [0.4, 0.5) is 11.8 Å². The van der Waals surface area contributed by atoms with Gasteiger partial charge in [0, 0.05) is 13.1 Å². The number of rotatable bonds is 1. The summed E-state index contributed by atoms with van der Waals surface area (Å²) in [5.41, 5.74) is 5.81. The Balaban J connectivity index is 2.01. The lowest BCUT2D eigenvalue weighted by Crippen LogP contribution is -2.39. The van der Waals surface area contributed by atoms with Crippen molar-refractivity contribution in [3.8, 4) is 0 Å². The molecule has 1 fully saturated rings. The molecule has 2 N–H and O–H groups in total. The van der Waals surface area contributed by atoms with E-state index in [2.05, 4.69) is 40.2 Å². The molecule has 0 amide bonds. The van der Waals surface area contributed by atoms with E-state index in [4.69, 9.17) is 5.73 Å². The minimum absolute atomic E-state index is 0.381. The van der Waals surface area contributed by atoms with Crippen molar-refractivity contribution in [1.29, 1.82) is 0 Å². The Morgan fingerprint density at radius 3 is 2.94 bits per heavy atom. The summed E-state index contributed by atoms with van der Waals surface area (Å²) in [5, 5.41) is 3.19. The number of nitrogen functional groups attached to an aromatic ring is 1. The number of fused-ring (bicyclic) bond motifs is 1. The third-order valence-electron chi connectivity index (χ3n) is 3.96. The first-order valence-corrected chi connectivity index (χ1v) is 7.29. The molecule has 0 radical (unpaired) electrons. The van der Waals surface area contributed by atoms with Crippen molar-refractivity contribution < 1.29 is 0 Å². The molecule has 3 rings (SSSR count). The average molecular weight is 262 g/mol. The zero-order chi connectivity index (χ0) is 12.7. The van der Waals surface area contributed by atoms with Gasteiger partial charge in [0.2, 0.25) is 5.95 Å². The van der Waals surface area contributed by atoms with Gasteiger partial charge in [0.05, 0.1) is 5.39 Å². The number of piperidine rings is 1. The summed E-state index contributed by atoms with van der Waals surface area (Å²) < 4.78 is 0. The highest BCUT2D eigenvalue weighted by molar-refractivity contribution is 7.16. The van der Waals surface area contributed by atoms with Gasteiger partial charge in [-0.3, -0.25) is 0 Å². The van der Waals surface area contributed by atoms with E-state index in [0.717, 1.165) is 35.0 Å². The van der Waals surface area contributed by atoms with E-state index in [0.29, 0.717) is 11.9 Å². The van der Waals surface area contributed by atoms with Gasteiger partial charge >= 0.3 is 0 Å². The van der Waals surface area contributed by atoms with Gasteiger partial charge in [-0.15, -0.1) is 11.3 Å². The smallest absolute Gasteiger partial charge is 0.223 e. The number of nitrogens with two attached hydrogens (primary N) is 1. The van der Waals surface area contributed by atoms with Gasteiger partial charge in [-0.2, -0.15) is 4.98 Å². The quantitative estimate of drug-likeness (QED) is 0.858. The first-order chi connectivity index (χ1) is 8.65. The van der Waals surface area contributed by atoms with E-state index in [-0.39, 0.29) is 0 Å². The van der Waals surface area contributed by atoms with E-state index < -0.39 is 0 Å². The van der Waals surface area contributed by atoms with Crippen LogP contribution in [0.25, 0.3) is 10.2 Å². The zero-order valence-electron chi connectivity index (χ0n) is 10.8. The van der Waals surface area contributed by atoms with Crippen LogP contribution in [-0.2, 0) is 0 Å². The topological polar surface area (TPSA) is 55.0 Å². The fourth-order valence-electron chi connectivity index (χ4n) is 2.55. The molecule has 0 aliphatic carbocycles. The summed E-state index contributed by atoms with van der Waals surface area (Å²) in [6.45, 7) is 6.76. The highest BCUT2D eigenvalue weighted by atomic mass is 32.1. The standard InChI is InChI=1S/C13H18N4S/c1-8-3-5-17(7-9(8)2)11-10-4-6-18-12(10)16-13(14)15-11/h4,6,8-9H,3,5,7H2,1-2H3,(H2,14,15,16). The lowest BCUT2D eigenvalue weighted by Gasteiger charge is -2.36. The van der Waals surface area contributed by atoms with Crippen LogP contribution < -0.4 is 10.6 Å². The number of nitrogens with zero attached hydrogens (tertiary/aromatic N) is 3. The lowest BCUT2D eigenvalue weighted by atomic mass is 9.88. The molecular formula is C13H18N4S. The highest BCUT2D eigenvalue weighted by Gasteiger charge is 2.25. The molecule has 96 valence electrons. The van der Waals surface area contributed by atoms with E-state index in [1.807, 2.05) is 0 Å². The zero-order valence-corrected chi connectivity index (χ0v) is 11.6. The molecule has 2 atom stereocenters. The number of hydrogen-bond donors (Lipinski definition) is 1. The monoisotopic (exact) mass is 262 g/mol. The predicted octanol–water partition coefficient (Wildman–Crippen LogP) is 2.76. The van der Waals surface area contributed by atoms with Crippen LogP contribution in [0.2, 0.25) is 0 Å². The average Bonchev–Trinajstić information content (AvgIpc) is 2.79. The molecule has 0 aromatic carbocycles. The number of anilines is 2. The van der Waals surface area contributed by atoms with Crippen LogP contribution in [0, 0.1) is 11.8 Å². The third kappa shape index (κ3) is 1.92. The summed E-state index contributed by atoms with van der Waals surface area (Å²) in [4.78, 5) is 12.1. The fourth-order valence-corrected chi connectivity index (χ4v) is 3.32. The number of hydrogen-bond acceptors (Lipinski definition) is 5. The van der Waals surface area contributed by atoms with E-state index in [1.165, 1.54) is 6.42 Å². The van der Waals surface area contributed by atoms with Crippen molar-refractivity contribution >= 4 is 33.3 Å². The Labute approximate surface area is 111 Å². The molecular weight excluding hydrogens is 244 g/mol. The molecule has 0 bridgehead atoms. The summed E-state index contributed by atoms with van der Waals surface area (Å²) in [6, 6.07) is 2.09. The Bertz CT molecular complexity index is 565. The van der Waals surface area contributed by atoms with Gasteiger partial charge in [-0.05, 0) is 29.7 Å². The predicted molar refractivity (Wildman–Crippen MR) is 77.0 cm³/mol. The second-order valence-corrected chi connectivity index (χ2v) is 6.13. The molecule has 18 heavy (non-hydrogen) atoms. The maximum atomic E-state index is 5.81. The van der Waals surface area contributed by atoms with Crippen molar-refractivity contribution in [2.24, 2.45) is 11.8 Å². The molecule has 1 saturated heterocycles. The molecule has 0 spiro atoms. The largest absolute Gasteiger partial charge is 0.368 e. The van der Waals surface area contributed by atoms with Crippen LogP contribution in [0.15, 0.2) is 11.4 Å². The van der Waals surface area contributed by atoms with Crippen LogP contribution in [0.1, 0.15) is 20.3 Å². The Kier molecular flexibility index (Phi) is 2.86. The first kappa shape index (κ1) is 11.7. The van der Waals surface area contributed by atoms with Gasteiger partial charge in [-0.1, -0.05) is 13.8 Å². The van der Waals surface area contributed by atoms with Crippen molar-refractivity contribution in [1.82, 2.24) is 9.97 Å². The number of thiophene rings is 1. The molecule has 2 unspecified atom stereocenters. The van der Waals surface area contributed by atoms with Crippen LogP contribution >= 0.6 is 11.3 Å². The molecule has 4 nitrogen and oxygen atoms in total. The Morgan fingerprint density at radius 1 is 1.33 bits per heavy atom. The normalized spacial score (nSPS) is 24.7. The molecule has 3 heterocycles. The van der Waals surface area contributed by atoms with Gasteiger partial charge in [-0.25, -0.2) is 4.98 Å². The molecule has 2 aromatic heterocycles. The lowest BCUT2D eigenvalue weighted by molar-refractivity contribution is 0.323. The van der Waals surface area contributed by atoms with Crippen LogP contribution in [-0.4, -0.2) is 23.1 Å². The highest BCUT2D eigenvalue weighted by Crippen LogP contribution is 2.32. The van der Waals surface area contributed by atoms with Gasteiger partial charge in [0.15, 0.2) is 0 Å². The molecule has 1 aliphatic heterocycles. The summed E-state index contributed by atoms with van der Waals surface area (Å²) in [7, 11) is 0. The van der Waals surface area contributed by atoms with Crippen molar-refractivity contribution in [3.63, 3.8) is 0 Å². The minimum atomic E-state index is 0.381. The second-order valence-electron chi connectivity index (χ2n) is 5.23. The minimum Gasteiger partial charge on any atom is -0.368 e. The Hall–Kier alpha value is -1.36. The summed E-state index contributed by atoms with van der Waals surface area (Å²) in [5.74, 6) is 2.88. The molecule has 2 aromatic rings. The third-order valence-corrected chi connectivity index (χ3v) is 4.76. The fraction of sp³-hybridized carbons (Fsp3) is 0.538. The maximum absolute atomic E-state index is 5.81. The summed E-state index contributed by atoms with van der Waals surface area (Å²) in [6.07, 6.45) is 1.22. The molecule has 0 saturated carbocycles. The second kappa shape index (κ2) is 4.39. The number of aromatic nitrogens is 2.